The summed E-state index contributed by atoms with van der Waals surface area (Å²) in [6, 6.07) is 0. The van der Waals surface area contributed by atoms with Crippen molar-refractivity contribution in [3.8, 4) is 0 Å². The molecule has 0 aromatic heterocycles. The zero-order valence-corrected chi connectivity index (χ0v) is 63.6. The third kappa shape index (κ3) is 70.3. The summed E-state index contributed by atoms with van der Waals surface area (Å²) in [5, 5.41) is 10.6. The number of aliphatic hydroxyl groups is 1. The van der Waals surface area contributed by atoms with Gasteiger partial charge >= 0.3 is 39.5 Å². The number of hydrogen-bond donors (Lipinski definition) is 3. The van der Waals surface area contributed by atoms with Crippen LogP contribution in [0.15, 0.2) is 0 Å². The fourth-order valence-corrected chi connectivity index (χ4v) is 13.3. The monoisotopic (exact) mass is 1400 g/mol. The highest BCUT2D eigenvalue weighted by atomic mass is 31.2. The molecule has 3 N–H and O–H groups in total. The van der Waals surface area contributed by atoms with Crippen molar-refractivity contribution in [1.29, 1.82) is 0 Å². The van der Waals surface area contributed by atoms with Crippen molar-refractivity contribution in [2.24, 2.45) is 5.92 Å². The lowest BCUT2D eigenvalue weighted by Crippen LogP contribution is -2.30. The van der Waals surface area contributed by atoms with Crippen LogP contribution in [-0.2, 0) is 65.4 Å². The molecule has 2 unspecified atom stereocenters. The first kappa shape index (κ1) is 93.1. The molecule has 0 aliphatic rings. The summed E-state index contributed by atoms with van der Waals surface area (Å²) in [5.41, 5.74) is 0. The van der Waals surface area contributed by atoms with Gasteiger partial charge in [-0.15, -0.1) is 0 Å². The molecule has 19 heteroatoms. The van der Waals surface area contributed by atoms with Crippen LogP contribution in [0.1, 0.15) is 401 Å². The van der Waals surface area contributed by atoms with Crippen LogP contribution in [0, 0.1) is 5.92 Å². The first-order valence-electron chi connectivity index (χ1n) is 39.6. The Morgan fingerprint density at radius 2 is 0.484 bits per heavy atom. The van der Waals surface area contributed by atoms with E-state index in [-0.39, 0.29) is 25.7 Å². The van der Waals surface area contributed by atoms with Crippen LogP contribution in [0.3, 0.4) is 0 Å². The summed E-state index contributed by atoms with van der Waals surface area (Å²) in [7, 11) is -9.91. The van der Waals surface area contributed by atoms with E-state index in [0.717, 1.165) is 95.8 Å². The van der Waals surface area contributed by atoms with Gasteiger partial charge in [-0.2, -0.15) is 0 Å². The smallest absolute Gasteiger partial charge is 0.462 e. The Morgan fingerprint density at radius 3 is 0.716 bits per heavy atom. The summed E-state index contributed by atoms with van der Waals surface area (Å²) >= 11 is 0. The minimum atomic E-state index is -4.96. The third-order valence-electron chi connectivity index (χ3n) is 17.8. The lowest BCUT2D eigenvalue weighted by molar-refractivity contribution is -0.161. The van der Waals surface area contributed by atoms with E-state index >= 15 is 0 Å². The number of aliphatic hydroxyl groups excluding tert-OH is 1. The summed E-state index contributed by atoms with van der Waals surface area (Å²) in [5.74, 6) is -1.38. The fourth-order valence-electron chi connectivity index (χ4n) is 11.7. The molecule has 95 heavy (non-hydrogen) atoms. The molecule has 0 aromatic carbocycles. The summed E-state index contributed by atoms with van der Waals surface area (Å²) in [6.45, 7) is 7.28. The number of carbonyl (C=O) groups excluding carboxylic acids is 4. The van der Waals surface area contributed by atoms with Gasteiger partial charge in [0.15, 0.2) is 12.2 Å². The maximum Gasteiger partial charge on any atom is 0.472 e. The first-order chi connectivity index (χ1) is 46.0. The maximum absolute atomic E-state index is 13.1. The quantitative estimate of drug-likeness (QED) is 0.0222. The van der Waals surface area contributed by atoms with E-state index in [0.29, 0.717) is 25.7 Å². The van der Waals surface area contributed by atoms with E-state index in [1.165, 1.54) is 225 Å². The van der Waals surface area contributed by atoms with Gasteiger partial charge in [0.05, 0.1) is 26.4 Å². The van der Waals surface area contributed by atoms with Crippen molar-refractivity contribution >= 4 is 39.5 Å². The molecule has 0 radical (unpaired) electrons. The van der Waals surface area contributed by atoms with E-state index in [1.54, 1.807) is 0 Å². The highest BCUT2D eigenvalue weighted by molar-refractivity contribution is 7.47. The molecule has 0 rings (SSSR count). The molecule has 0 aliphatic carbocycles. The molecular formula is C76H148O17P2. The van der Waals surface area contributed by atoms with Crippen LogP contribution < -0.4 is 0 Å². The predicted molar refractivity (Wildman–Crippen MR) is 386 cm³/mol. The van der Waals surface area contributed by atoms with Crippen molar-refractivity contribution in [2.45, 2.75) is 419 Å². The normalized spacial score (nSPS) is 13.9. The molecule has 0 heterocycles. The van der Waals surface area contributed by atoms with Crippen LogP contribution in [0.25, 0.3) is 0 Å². The zero-order valence-electron chi connectivity index (χ0n) is 61.8. The van der Waals surface area contributed by atoms with E-state index in [4.69, 9.17) is 37.0 Å². The Kier molecular flexibility index (Phi) is 67.7. The highest BCUT2D eigenvalue weighted by Crippen LogP contribution is 2.45. The molecule has 0 aliphatic heterocycles. The third-order valence-corrected chi connectivity index (χ3v) is 19.7. The van der Waals surface area contributed by atoms with Gasteiger partial charge in [0, 0.05) is 25.7 Å². The molecule has 564 valence electrons. The molecule has 0 aromatic rings. The zero-order chi connectivity index (χ0) is 69.8. The number of phosphoric acid groups is 2. The Hall–Kier alpha value is -1.94. The minimum Gasteiger partial charge on any atom is -0.462 e. The molecule has 17 nitrogen and oxygen atoms in total. The van der Waals surface area contributed by atoms with Crippen molar-refractivity contribution in [3.05, 3.63) is 0 Å². The van der Waals surface area contributed by atoms with Gasteiger partial charge in [0.2, 0.25) is 0 Å². The van der Waals surface area contributed by atoms with Gasteiger partial charge < -0.3 is 33.8 Å². The maximum atomic E-state index is 13.1. The number of rotatable bonds is 76. The molecule has 0 saturated heterocycles. The van der Waals surface area contributed by atoms with E-state index < -0.39 is 97.5 Å². The summed E-state index contributed by atoms with van der Waals surface area (Å²) in [6.07, 6.45) is 58.1. The second kappa shape index (κ2) is 69.2. The number of unbranched alkanes of at least 4 members (excludes halogenated alkanes) is 48. The molecule has 0 bridgehead atoms. The molecular weight excluding hydrogens is 1250 g/mol. The SMILES string of the molecule is CCCCCCCCCCCCCCCCCCCCC(=O)O[C@H](COC(=O)CCCCCCCCCCCCCCC)COP(=O)(O)OC[C@@H](O)COP(=O)(O)OC[C@@H](COC(=O)CCCCCCCCCCCCCC)OC(=O)CCCCCCCCCCCC(C)C. The van der Waals surface area contributed by atoms with Crippen LogP contribution in [0.5, 0.6) is 0 Å². The Bertz CT molecular complexity index is 1820. The van der Waals surface area contributed by atoms with Gasteiger partial charge in [0.1, 0.15) is 19.3 Å². The summed E-state index contributed by atoms with van der Waals surface area (Å²) < 4.78 is 68.5. The molecule has 0 amide bonds. The van der Waals surface area contributed by atoms with E-state index in [2.05, 4.69) is 34.6 Å². The average molecular weight is 1400 g/mol. The molecule has 0 fully saturated rings. The van der Waals surface area contributed by atoms with Crippen molar-refractivity contribution in [3.63, 3.8) is 0 Å². The van der Waals surface area contributed by atoms with Gasteiger partial charge in [-0.3, -0.25) is 37.3 Å². The Labute approximate surface area is 581 Å². The average Bonchev–Trinajstić information content (AvgIpc) is 3.76. The standard InChI is InChI=1S/C76H148O17P2/c1-6-9-12-15-18-21-24-27-28-29-30-31-33-36-41-46-51-56-61-75(80)92-71(65-87-74(79)60-55-50-45-40-35-32-25-22-19-16-13-10-7-2)67-90-94(82,83)88-63-70(77)64-89-95(84,85)91-68-72(93-76(81)62-57-52-47-42-37-38-43-48-53-58-69(4)5)66-86-73(78)59-54-49-44-39-34-26-23-20-17-14-11-8-3/h69-72,77H,6-68H2,1-5H3,(H,82,83)(H,84,85)/t70-,71-,72-/m1/s1. The second-order valence-electron chi connectivity index (χ2n) is 27.9. The van der Waals surface area contributed by atoms with Gasteiger partial charge in [-0.25, -0.2) is 9.13 Å². The molecule has 0 saturated carbocycles. The summed E-state index contributed by atoms with van der Waals surface area (Å²) in [4.78, 5) is 72.8. The number of esters is 4. The molecule has 5 atom stereocenters. The number of carbonyl (C=O) groups is 4. The Balaban J connectivity index is 5.24. The molecule has 0 spiro atoms. The van der Waals surface area contributed by atoms with E-state index in [1.807, 2.05) is 0 Å². The van der Waals surface area contributed by atoms with Gasteiger partial charge in [0.25, 0.3) is 0 Å². The van der Waals surface area contributed by atoms with Crippen molar-refractivity contribution < 1.29 is 80.2 Å². The van der Waals surface area contributed by atoms with Crippen LogP contribution >= 0.6 is 15.6 Å². The lowest BCUT2D eigenvalue weighted by atomic mass is 10.0. The number of ether oxygens (including phenoxy) is 4. The van der Waals surface area contributed by atoms with Crippen molar-refractivity contribution in [1.82, 2.24) is 0 Å². The first-order valence-corrected chi connectivity index (χ1v) is 42.6. The van der Waals surface area contributed by atoms with Crippen LogP contribution in [-0.4, -0.2) is 96.7 Å². The number of phosphoric ester groups is 2. The highest BCUT2D eigenvalue weighted by Gasteiger charge is 2.30. The van der Waals surface area contributed by atoms with Crippen molar-refractivity contribution in [2.75, 3.05) is 39.6 Å². The number of hydrogen-bond acceptors (Lipinski definition) is 15. The van der Waals surface area contributed by atoms with Gasteiger partial charge in [-0.1, -0.05) is 349 Å². The van der Waals surface area contributed by atoms with Gasteiger partial charge in [-0.05, 0) is 31.6 Å². The Morgan fingerprint density at radius 1 is 0.284 bits per heavy atom. The van der Waals surface area contributed by atoms with E-state index in [9.17, 15) is 43.2 Å². The topological polar surface area (TPSA) is 237 Å². The van der Waals surface area contributed by atoms with Crippen LogP contribution in [0.2, 0.25) is 0 Å². The minimum absolute atomic E-state index is 0.106. The fraction of sp³-hybridized carbons (Fsp3) is 0.947. The second-order valence-corrected chi connectivity index (χ2v) is 30.8. The van der Waals surface area contributed by atoms with Crippen LogP contribution in [0.4, 0.5) is 0 Å². The largest absolute Gasteiger partial charge is 0.472 e. The predicted octanol–water partition coefficient (Wildman–Crippen LogP) is 22.5. The lowest BCUT2D eigenvalue weighted by Gasteiger charge is -2.21.